The third-order valence-corrected chi connectivity index (χ3v) is 3.41. The van der Waals surface area contributed by atoms with E-state index < -0.39 is 5.97 Å². The van der Waals surface area contributed by atoms with Gasteiger partial charge in [0.05, 0.1) is 0 Å². The lowest BCUT2D eigenvalue weighted by Crippen LogP contribution is -2.00. The highest BCUT2D eigenvalue weighted by molar-refractivity contribution is 5.78. The van der Waals surface area contributed by atoms with Crippen molar-refractivity contribution in [2.24, 2.45) is 0 Å². The molecule has 0 heterocycles. The van der Waals surface area contributed by atoms with Crippen LogP contribution in [0.3, 0.4) is 0 Å². The predicted octanol–water partition coefficient (Wildman–Crippen LogP) is 3.92. The number of carbonyl (C=O) groups is 2. The first-order chi connectivity index (χ1) is 9.58. The van der Waals surface area contributed by atoms with Crippen LogP contribution in [0.4, 0.5) is 0 Å². The van der Waals surface area contributed by atoms with Gasteiger partial charge in [-0.15, -0.1) is 0 Å². The van der Waals surface area contributed by atoms with Gasteiger partial charge in [-0.1, -0.05) is 42.7 Å². The van der Waals surface area contributed by atoms with Crippen molar-refractivity contribution in [3.8, 4) is 0 Å². The molecule has 1 aromatic rings. The molecule has 0 saturated heterocycles. The number of benzene rings is 1. The van der Waals surface area contributed by atoms with Crippen molar-refractivity contribution in [2.75, 3.05) is 0 Å². The molecular weight excluding hydrogens is 252 g/mol. The number of unbranched alkanes of at least 4 members (excludes halogenated alkanes) is 3. The number of hydrogen-bond acceptors (Lipinski definition) is 2. The molecular formula is C17H24O3. The van der Waals surface area contributed by atoms with Crippen LogP contribution in [0.1, 0.15) is 56.1 Å². The van der Waals surface area contributed by atoms with Crippen LogP contribution >= 0.6 is 0 Å². The molecule has 1 aromatic carbocycles. The predicted molar refractivity (Wildman–Crippen MR) is 79.8 cm³/mol. The summed E-state index contributed by atoms with van der Waals surface area (Å²) in [5.74, 6) is -0.428. The van der Waals surface area contributed by atoms with Crippen molar-refractivity contribution in [1.29, 1.82) is 0 Å². The molecule has 0 fully saturated rings. The molecule has 3 nitrogen and oxygen atoms in total. The topological polar surface area (TPSA) is 54.4 Å². The summed E-state index contributed by atoms with van der Waals surface area (Å²) in [6.45, 7) is 2.05. The van der Waals surface area contributed by atoms with Gasteiger partial charge in [0.25, 0.3) is 0 Å². The van der Waals surface area contributed by atoms with Gasteiger partial charge in [-0.05, 0) is 31.7 Å². The number of hydrogen-bond donors (Lipinski definition) is 1. The van der Waals surface area contributed by atoms with Gasteiger partial charge in [0.1, 0.15) is 5.78 Å². The lowest BCUT2D eigenvalue weighted by molar-refractivity contribution is -0.137. The van der Waals surface area contributed by atoms with E-state index in [9.17, 15) is 9.59 Å². The van der Waals surface area contributed by atoms with Gasteiger partial charge in [-0.2, -0.15) is 0 Å². The monoisotopic (exact) mass is 276 g/mol. The molecule has 0 aliphatic heterocycles. The van der Waals surface area contributed by atoms with Crippen molar-refractivity contribution in [1.82, 2.24) is 0 Å². The maximum Gasteiger partial charge on any atom is 0.303 e. The van der Waals surface area contributed by atoms with Gasteiger partial charge in [0, 0.05) is 19.3 Å². The first-order valence-corrected chi connectivity index (χ1v) is 7.37. The fourth-order valence-corrected chi connectivity index (χ4v) is 2.12. The van der Waals surface area contributed by atoms with E-state index in [1.165, 1.54) is 11.1 Å². The van der Waals surface area contributed by atoms with Crippen LogP contribution < -0.4 is 0 Å². The van der Waals surface area contributed by atoms with Crippen LogP contribution in [-0.4, -0.2) is 16.9 Å². The van der Waals surface area contributed by atoms with Gasteiger partial charge < -0.3 is 5.11 Å². The molecule has 0 aromatic heterocycles. The number of rotatable bonds is 10. The lowest BCUT2D eigenvalue weighted by atomic mass is 10.0. The van der Waals surface area contributed by atoms with E-state index in [2.05, 4.69) is 31.2 Å². The van der Waals surface area contributed by atoms with Crippen molar-refractivity contribution >= 4 is 11.8 Å². The third-order valence-electron chi connectivity index (χ3n) is 3.41. The number of carbonyl (C=O) groups excluding carboxylic acids is 1. The second-order valence-corrected chi connectivity index (χ2v) is 5.33. The van der Waals surface area contributed by atoms with Gasteiger partial charge in [-0.3, -0.25) is 9.59 Å². The minimum absolute atomic E-state index is 0.237. The average Bonchev–Trinajstić information content (AvgIpc) is 2.41. The zero-order valence-electron chi connectivity index (χ0n) is 12.2. The highest BCUT2D eigenvalue weighted by atomic mass is 16.4. The fraction of sp³-hybridized carbons (Fsp3) is 0.529. The van der Waals surface area contributed by atoms with E-state index >= 15 is 0 Å². The van der Waals surface area contributed by atoms with Crippen LogP contribution in [0.25, 0.3) is 0 Å². The molecule has 0 aliphatic rings. The molecule has 0 unspecified atom stereocenters. The van der Waals surface area contributed by atoms with Crippen LogP contribution in [0.15, 0.2) is 24.3 Å². The van der Waals surface area contributed by atoms with Crippen LogP contribution in [-0.2, 0) is 16.0 Å². The third kappa shape index (κ3) is 7.72. The van der Waals surface area contributed by atoms with Gasteiger partial charge in [-0.25, -0.2) is 0 Å². The maximum absolute atomic E-state index is 11.7. The van der Waals surface area contributed by atoms with Crippen molar-refractivity contribution < 1.29 is 14.7 Å². The Hall–Kier alpha value is -1.64. The van der Waals surface area contributed by atoms with Crippen LogP contribution in [0.2, 0.25) is 0 Å². The zero-order valence-corrected chi connectivity index (χ0v) is 12.2. The Balaban J connectivity index is 2.06. The standard InChI is InChI=1S/C17H24O3/c1-14-8-10-15(11-9-14)12-13-16(18)6-4-2-3-5-7-17(19)20/h8-11H,2-7,12-13H2,1H3,(H,19,20). The van der Waals surface area contributed by atoms with E-state index in [1.807, 2.05) is 0 Å². The Bertz CT molecular complexity index is 420. The highest BCUT2D eigenvalue weighted by Crippen LogP contribution is 2.10. The molecule has 110 valence electrons. The van der Waals surface area contributed by atoms with Crippen LogP contribution in [0.5, 0.6) is 0 Å². The first kappa shape index (κ1) is 16.4. The summed E-state index contributed by atoms with van der Waals surface area (Å²) in [7, 11) is 0. The molecule has 1 rings (SSSR count). The Labute approximate surface area is 121 Å². The number of ketones is 1. The summed E-state index contributed by atoms with van der Waals surface area (Å²) in [5.41, 5.74) is 2.45. The fourth-order valence-electron chi connectivity index (χ4n) is 2.12. The molecule has 0 bridgehead atoms. The second-order valence-electron chi connectivity index (χ2n) is 5.33. The molecule has 0 atom stereocenters. The molecule has 0 amide bonds. The summed E-state index contributed by atoms with van der Waals surface area (Å²) in [6.07, 6.45) is 5.73. The molecule has 20 heavy (non-hydrogen) atoms. The highest BCUT2D eigenvalue weighted by Gasteiger charge is 2.03. The number of carboxylic acid groups (broad SMARTS) is 1. The number of Topliss-reactive ketones (excluding diaryl/α,β-unsaturated/α-hetero) is 1. The summed E-state index contributed by atoms with van der Waals surface area (Å²) in [5, 5.41) is 8.50. The van der Waals surface area contributed by atoms with E-state index in [4.69, 9.17) is 5.11 Å². The normalized spacial score (nSPS) is 10.4. The van der Waals surface area contributed by atoms with Crippen LogP contribution in [0, 0.1) is 6.92 Å². The smallest absolute Gasteiger partial charge is 0.303 e. The van der Waals surface area contributed by atoms with Gasteiger partial charge in [0.15, 0.2) is 0 Å². The van der Waals surface area contributed by atoms with Crippen molar-refractivity contribution in [3.05, 3.63) is 35.4 Å². The molecule has 0 aliphatic carbocycles. The SMILES string of the molecule is Cc1ccc(CCC(=O)CCCCCCC(=O)O)cc1. The van der Waals surface area contributed by atoms with Crippen molar-refractivity contribution in [2.45, 2.75) is 58.3 Å². The number of carboxylic acids is 1. The Morgan fingerprint density at radius 1 is 0.900 bits per heavy atom. The quantitative estimate of drug-likeness (QED) is 0.659. The van der Waals surface area contributed by atoms with E-state index in [1.54, 1.807) is 0 Å². The molecule has 1 N–H and O–H groups in total. The average molecular weight is 276 g/mol. The van der Waals surface area contributed by atoms with E-state index in [0.29, 0.717) is 25.0 Å². The molecule has 0 radical (unpaired) electrons. The molecule has 0 spiro atoms. The summed E-state index contributed by atoms with van der Waals surface area (Å²) in [6, 6.07) is 8.30. The molecule has 3 heteroatoms. The second kappa shape index (κ2) is 9.29. The Morgan fingerprint density at radius 2 is 1.50 bits per heavy atom. The molecule has 0 saturated carbocycles. The van der Waals surface area contributed by atoms with Gasteiger partial charge in [0.2, 0.25) is 0 Å². The van der Waals surface area contributed by atoms with E-state index in [0.717, 1.165) is 25.7 Å². The lowest BCUT2D eigenvalue weighted by Gasteiger charge is -2.03. The summed E-state index contributed by atoms with van der Waals surface area (Å²) in [4.78, 5) is 22.1. The Morgan fingerprint density at radius 3 is 2.10 bits per heavy atom. The summed E-state index contributed by atoms with van der Waals surface area (Å²) < 4.78 is 0. The minimum atomic E-state index is -0.737. The first-order valence-electron chi connectivity index (χ1n) is 7.37. The van der Waals surface area contributed by atoms with E-state index in [-0.39, 0.29) is 6.42 Å². The van der Waals surface area contributed by atoms with Gasteiger partial charge >= 0.3 is 5.97 Å². The minimum Gasteiger partial charge on any atom is -0.481 e. The number of aliphatic carboxylic acids is 1. The zero-order chi connectivity index (χ0) is 14.8. The Kier molecular flexibility index (Phi) is 7.63. The maximum atomic E-state index is 11.7. The number of aryl methyl sites for hydroxylation is 2. The summed E-state index contributed by atoms with van der Waals surface area (Å²) >= 11 is 0. The van der Waals surface area contributed by atoms with Crippen molar-refractivity contribution in [3.63, 3.8) is 0 Å². The largest absolute Gasteiger partial charge is 0.481 e.